The largest absolute Gasteiger partial charge is 0.448 e. The average Bonchev–Trinajstić information content (AvgIpc) is 2.58. The van der Waals surface area contributed by atoms with Crippen molar-refractivity contribution in [2.75, 3.05) is 6.61 Å². The van der Waals surface area contributed by atoms with E-state index in [1.807, 2.05) is 19.1 Å². The zero-order valence-corrected chi connectivity index (χ0v) is 14.1. The molecule has 1 unspecified atom stereocenters. The Bertz CT molecular complexity index is 790. The summed E-state index contributed by atoms with van der Waals surface area (Å²) in [4.78, 5) is 12.6. The number of fused-ring (bicyclic) bond motifs is 1. The van der Waals surface area contributed by atoms with Gasteiger partial charge in [-0.3, -0.25) is 0 Å². The first-order chi connectivity index (χ1) is 11.5. The number of rotatable bonds is 3. The molecule has 0 radical (unpaired) electrons. The molecule has 0 aliphatic heterocycles. The van der Waals surface area contributed by atoms with Crippen LogP contribution >= 0.6 is 11.6 Å². The predicted molar refractivity (Wildman–Crippen MR) is 89.7 cm³/mol. The van der Waals surface area contributed by atoms with Crippen LogP contribution in [-0.4, -0.2) is 17.7 Å². The number of carbonyl (C=O) groups is 1. The molecule has 1 atom stereocenters. The Kier molecular flexibility index (Phi) is 4.61. The molecular formula is C19H18ClFO3. The fourth-order valence-corrected chi connectivity index (χ4v) is 3.46. The number of esters is 1. The first kappa shape index (κ1) is 16.9. The molecule has 0 aromatic heterocycles. The Hall–Kier alpha value is -1.91. The third kappa shape index (κ3) is 2.80. The molecule has 1 N–H and O–H groups in total. The summed E-state index contributed by atoms with van der Waals surface area (Å²) < 4.78 is 20.1. The van der Waals surface area contributed by atoms with E-state index in [0.717, 1.165) is 5.56 Å². The second-order valence-electron chi connectivity index (χ2n) is 6.10. The molecular weight excluding hydrogens is 331 g/mol. The van der Waals surface area contributed by atoms with Crippen LogP contribution in [0.3, 0.4) is 0 Å². The maximum Gasteiger partial charge on any atom is 0.339 e. The molecule has 0 bridgehead atoms. The molecule has 2 aromatic carbocycles. The highest BCUT2D eigenvalue weighted by atomic mass is 35.5. The minimum atomic E-state index is -1.24. The molecule has 1 aliphatic rings. The van der Waals surface area contributed by atoms with Crippen molar-refractivity contribution in [3.05, 3.63) is 69.5 Å². The van der Waals surface area contributed by atoms with Gasteiger partial charge in [-0.2, -0.15) is 0 Å². The van der Waals surface area contributed by atoms with Gasteiger partial charge in [-0.1, -0.05) is 35.9 Å². The van der Waals surface area contributed by atoms with Crippen molar-refractivity contribution in [1.29, 1.82) is 0 Å². The number of aliphatic hydroxyl groups is 1. The molecule has 24 heavy (non-hydrogen) atoms. The smallest absolute Gasteiger partial charge is 0.339 e. The Morgan fingerprint density at radius 1 is 1.33 bits per heavy atom. The van der Waals surface area contributed by atoms with Gasteiger partial charge >= 0.3 is 5.97 Å². The van der Waals surface area contributed by atoms with Crippen LogP contribution in [0.5, 0.6) is 0 Å². The second-order valence-corrected chi connectivity index (χ2v) is 6.51. The standard InChI is InChI=1S/C19H18ClFO3/c1-12-5-2-3-6-13(12)18(23)24-19(11-22)10-4-7-14-15(19)8-9-16(20)17(14)21/h2-3,5-6,8-9,22H,4,7,10-11H2,1H3. The summed E-state index contributed by atoms with van der Waals surface area (Å²) in [5.74, 6) is -1.02. The molecule has 3 rings (SSSR count). The quantitative estimate of drug-likeness (QED) is 0.847. The van der Waals surface area contributed by atoms with Crippen LogP contribution < -0.4 is 0 Å². The normalized spacial score (nSPS) is 19.7. The van der Waals surface area contributed by atoms with Crippen LogP contribution in [0.2, 0.25) is 5.02 Å². The van der Waals surface area contributed by atoms with Gasteiger partial charge in [-0.15, -0.1) is 0 Å². The average molecular weight is 349 g/mol. The van der Waals surface area contributed by atoms with Crippen molar-refractivity contribution in [3.8, 4) is 0 Å². The number of hydrogen-bond acceptors (Lipinski definition) is 3. The van der Waals surface area contributed by atoms with Crippen molar-refractivity contribution in [2.24, 2.45) is 0 Å². The van der Waals surface area contributed by atoms with E-state index in [0.29, 0.717) is 36.0 Å². The van der Waals surface area contributed by atoms with E-state index >= 15 is 0 Å². The van der Waals surface area contributed by atoms with E-state index in [9.17, 15) is 14.3 Å². The molecule has 0 heterocycles. The van der Waals surface area contributed by atoms with Crippen molar-refractivity contribution in [1.82, 2.24) is 0 Å². The number of aryl methyl sites for hydroxylation is 1. The van der Waals surface area contributed by atoms with E-state index in [4.69, 9.17) is 16.3 Å². The first-order valence-electron chi connectivity index (χ1n) is 7.86. The molecule has 0 amide bonds. The second kappa shape index (κ2) is 6.54. The Morgan fingerprint density at radius 2 is 2.08 bits per heavy atom. The van der Waals surface area contributed by atoms with Gasteiger partial charge in [0.25, 0.3) is 0 Å². The van der Waals surface area contributed by atoms with Gasteiger partial charge < -0.3 is 9.84 Å². The summed E-state index contributed by atoms with van der Waals surface area (Å²) in [6, 6.07) is 10.2. The summed E-state index contributed by atoms with van der Waals surface area (Å²) in [6.07, 6.45) is 1.55. The Morgan fingerprint density at radius 3 is 2.79 bits per heavy atom. The summed E-state index contributed by atoms with van der Waals surface area (Å²) in [5, 5.41) is 10.0. The number of hydrogen-bond donors (Lipinski definition) is 1. The number of carbonyl (C=O) groups excluding carboxylic acids is 1. The van der Waals surface area contributed by atoms with E-state index in [1.165, 1.54) is 6.07 Å². The van der Waals surface area contributed by atoms with Crippen molar-refractivity contribution in [3.63, 3.8) is 0 Å². The SMILES string of the molecule is Cc1ccccc1C(=O)OC1(CO)CCCc2c1ccc(Cl)c2F. The fraction of sp³-hybridized carbons (Fsp3) is 0.316. The molecule has 3 nitrogen and oxygen atoms in total. The minimum Gasteiger partial charge on any atom is -0.448 e. The van der Waals surface area contributed by atoms with Crippen molar-refractivity contribution in [2.45, 2.75) is 31.8 Å². The predicted octanol–water partition coefficient (Wildman–Crippen LogP) is 4.17. The Balaban J connectivity index is 2.02. The number of halogens is 2. The highest BCUT2D eigenvalue weighted by Crippen LogP contribution is 2.41. The number of aliphatic hydroxyl groups excluding tert-OH is 1. The van der Waals surface area contributed by atoms with Gasteiger partial charge in [0.15, 0.2) is 5.60 Å². The van der Waals surface area contributed by atoms with Crippen LogP contribution in [-0.2, 0) is 16.8 Å². The summed E-state index contributed by atoms with van der Waals surface area (Å²) in [5.41, 5.74) is 0.902. The summed E-state index contributed by atoms with van der Waals surface area (Å²) >= 11 is 5.86. The van der Waals surface area contributed by atoms with E-state index in [2.05, 4.69) is 0 Å². The zero-order chi connectivity index (χ0) is 17.3. The van der Waals surface area contributed by atoms with E-state index in [-0.39, 0.29) is 5.02 Å². The lowest BCUT2D eigenvalue weighted by molar-refractivity contribution is -0.0611. The lowest BCUT2D eigenvalue weighted by Crippen LogP contribution is -2.40. The molecule has 126 valence electrons. The molecule has 1 aliphatic carbocycles. The Labute approximate surface area is 145 Å². The summed E-state index contributed by atoms with van der Waals surface area (Å²) in [7, 11) is 0. The third-order valence-electron chi connectivity index (χ3n) is 4.60. The van der Waals surface area contributed by atoms with Gasteiger partial charge in [0.1, 0.15) is 5.82 Å². The number of ether oxygens (including phenoxy) is 1. The van der Waals surface area contributed by atoms with Gasteiger partial charge in [0.05, 0.1) is 17.2 Å². The lowest BCUT2D eigenvalue weighted by Gasteiger charge is -2.37. The highest BCUT2D eigenvalue weighted by Gasteiger charge is 2.41. The molecule has 2 aromatic rings. The minimum absolute atomic E-state index is 0.0349. The van der Waals surface area contributed by atoms with Crippen molar-refractivity contribution < 1.29 is 19.0 Å². The molecule has 0 saturated heterocycles. The highest BCUT2D eigenvalue weighted by molar-refractivity contribution is 6.30. The monoisotopic (exact) mass is 348 g/mol. The van der Waals surface area contributed by atoms with E-state index < -0.39 is 24.0 Å². The molecule has 0 fully saturated rings. The molecule has 5 heteroatoms. The van der Waals surface area contributed by atoms with Crippen LogP contribution in [0.4, 0.5) is 4.39 Å². The van der Waals surface area contributed by atoms with Crippen LogP contribution in [0, 0.1) is 12.7 Å². The zero-order valence-electron chi connectivity index (χ0n) is 13.3. The van der Waals surface area contributed by atoms with Crippen molar-refractivity contribution >= 4 is 17.6 Å². The molecule has 0 saturated carbocycles. The van der Waals surface area contributed by atoms with Gasteiger partial charge in [-0.05, 0) is 49.4 Å². The maximum absolute atomic E-state index is 14.3. The van der Waals surface area contributed by atoms with Gasteiger partial charge in [0, 0.05) is 5.56 Å². The third-order valence-corrected chi connectivity index (χ3v) is 4.89. The fourth-order valence-electron chi connectivity index (χ4n) is 3.29. The number of benzene rings is 2. The van der Waals surface area contributed by atoms with Gasteiger partial charge in [0.2, 0.25) is 0 Å². The van der Waals surface area contributed by atoms with Gasteiger partial charge in [-0.25, -0.2) is 9.18 Å². The van der Waals surface area contributed by atoms with Crippen LogP contribution in [0.25, 0.3) is 0 Å². The maximum atomic E-state index is 14.3. The lowest BCUT2D eigenvalue weighted by atomic mass is 9.79. The summed E-state index contributed by atoms with van der Waals surface area (Å²) in [6.45, 7) is 1.41. The molecule has 0 spiro atoms. The van der Waals surface area contributed by atoms with Crippen LogP contribution in [0.15, 0.2) is 36.4 Å². The first-order valence-corrected chi connectivity index (χ1v) is 8.23. The van der Waals surface area contributed by atoms with E-state index in [1.54, 1.807) is 18.2 Å². The van der Waals surface area contributed by atoms with Crippen LogP contribution in [0.1, 0.15) is 39.9 Å². The topological polar surface area (TPSA) is 46.5 Å².